The normalized spacial score (nSPS) is 23.7. The molecule has 2 aliphatic heterocycles. The number of carbonyl (C=O) groups is 1. The molecular formula is C20H27Cl2N3O2. The number of halogens is 2. The van der Waals surface area contributed by atoms with E-state index in [1.165, 1.54) is 6.42 Å². The van der Waals surface area contributed by atoms with Gasteiger partial charge in [0.15, 0.2) is 0 Å². The summed E-state index contributed by atoms with van der Waals surface area (Å²) in [5.41, 5.74) is 6.68. The maximum Gasteiger partial charge on any atom is 0.255 e. The van der Waals surface area contributed by atoms with E-state index in [0.717, 1.165) is 25.7 Å². The first-order valence-electron chi connectivity index (χ1n) is 9.21. The maximum atomic E-state index is 12.9. The number of ether oxygens (including phenoxy) is 1. The van der Waals surface area contributed by atoms with Gasteiger partial charge in [-0.15, -0.1) is 18.3 Å². The van der Waals surface area contributed by atoms with Gasteiger partial charge in [-0.05, 0) is 38.8 Å². The minimum Gasteiger partial charge on any atom is -0.480 e. The van der Waals surface area contributed by atoms with Crippen LogP contribution in [-0.2, 0) is 0 Å². The zero-order chi connectivity index (χ0) is 18.7. The minimum absolute atomic E-state index is 0. The van der Waals surface area contributed by atoms with Gasteiger partial charge in [-0.25, -0.2) is 0 Å². The van der Waals surface area contributed by atoms with Crippen molar-refractivity contribution in [2.45, 2.75) is 57.2 Å². The van der Waals surface area contributed by atoms with Crippen molar-refractivity contribution >= 4 is 35.6 Å². The van der Waals surface area contributed by atoms with E-state index in [2.05, 4.69) is 29.1 Å². The molecule has 3 unspecified atom stereocenters. The highest BCUT2D eigenvalue weighted by Gasteiger charge is 2.40. The predicted octanol–water partition coefficient (Wildman–Crippen LogP) is 3.49. The Morgan fingerprint density at radius 1 is 1.33 bits per heavy atom. The summed E-state index contributed by atoms with van der Waals surface area (Å²) in [6.07, 6.45) is 5.23. The lowest BCUT2D eigenvalue weighted by Crippen LogP contribution is -2.52. The molecule has 0 saturated carbocycles. The molecule has 0 aliphatic carbocycles. The van der Waals surface area contributed by atoms with Gasteiger partial charge >= 0.3 is 0 Å². The van der Waals surface area contributed by atoms with Crippen LogP contribution < -0.4 is 15.8 Å². The standard InChI is InChI=1S/C20H26ClN3O2.ClH/c1-3-4-5-10-26-19-12-16(22)15(21)11-14(19)20(25)23-17-8-6-13-7-9-18(17)24(13)2;/h11-13,17-18H,3,6-10,22H2,1-2H3,(H,23,25);1H. The highest BCUT2D eigenvalue weighted by atomic mass is 35.5. The number of nitrogen functional groups attached to an aromatic ring is 1. The second-order valence-electron chi connectivity index (χ2n) is 6.99. The fourth-order valence-corrected chi connectivity index (χ4v) is 4.17. The first-order chi connectivity index (χ1) is 12.5. The van der Waals surface area contributed by atoms with Gasteiger partial charge in [0.05, 0.1) is 16.3 Å². The van der Waals surface area contributed by atoms with Gasteiger partial charge in [0.2, 0.25) is 0 Å². The molecular weight excluding hydrogens is 385 g/mol. The van der Waals surface area contributed by atoms with E-state index >= 15 is 0 Å². The van der Waals surface area contributed by atoms with Crippen LogP contribution in [0.25, 0.3) is 0 Å². The third-order valence-electron chi connectivity index (χ3n) is 5.43. The Balaban J connectivity index is 0.00000261. The first-order valence-corrected chi connectivity index (χ1v) is 9.59. The van der Waals surface area contributed by atoms with Gasteiger partial charge < -0.3 is 15.8 Å². The largest absolute Gasteiger partial charge is 0.480 e. The number of fused-ring (bicyclic) bond motifs is 2. The number of likely N-dealkylation sites (N-methyl/N-ethyl adjacent to an activating group) is 1. The average molecular weight is 412 g/mol. The Labute approximate surface area is 172 Å². The number of nitrogens with one attached hydrogen (secondary N) is 1. The molecule has 7 heteroatoms. The third kappa shape index (κ3) is 4.82. The van der Waals surface area contributed by atoms with E-state index in [9.17, 15) is 4.79 Å². The second-order valence-corrected chi connectivity index (χ2v) is 7.39. The molecule has 1 aromatic carbocycles. The molecule has 2 bridgehead atoms. The fraction of sp³-hybridized carbons (Fsp3) is 0.550. The Morgan fingerprint density at radius 2 is 2.07 bits per heavy atom. The van der Waals surface area contributed by atoms with Gasteiger partial charge in [0, 0.05) is 30.6 Å². The van der Waals surface area contributed by atoms with E-state index in [1.54, 1.807) is 12.1 Å². The van der Waals surface area contributed by atoms with Crippen molar-refractivity contribution in [3.05, 3.63) is 22.7 Å². The van der Waals surface area contributed by atoms with Crippen molar-refractivity contribution in [1.82, 2.24) is 10.2 Å². The lowest BCUT2D eigenvalue weighted by molar-refractivity contribution is 0.0852. The molecule has 0 aromatic heterocycles. The number of benzene rings is 1. The Hall–Kier alpha value is -1.61. The molecule has 1 amide bonds. The van der Waals surface area contributed by atoms with E-state index in [0.29, 0.717) is 34.1 Å². The Kier molecular flexibility index (Phi) is 7.67. The molecule has 3 rings (SSSR count). The molecule has 27 heavy (non-hydrogen) atoms. The molecule has 2 fully saturated rings. The van der Waals surface area contributed by atoms with Crippen LogP contribution in [0.2, 0.25) is 5.02 Å². The quantitative estimate of drug-likeness (QED) is 0.587. The fourth-order valence-electron chi connectivity index (χ4n) is 4.01. The molecule has 0 radical (unpaired) electrons. The van der Waals surface area contributed by atoms with Gasteiger partial charge in [-0.1, -0.05) is 24.4 Å². The van der Waals surface area contributed by atoms with Crippen LogP contribution in [0.4, 0.5) is 5.69 Å². The molecule has 2 saturated heterocycles. The molecule has 3 N–H and O–H groups in total. The lowest BCUT2D eigenvalue weighted by atomic mass is 9.97. The topological polar surface area (TPSA) is 67.6 Å². The molecule has 2 aliphatic rings. The summed E-state index contributed by atoms with van der Waals surface area (Å²) in [7, 11) is 2.15. The average Bonchev–Trinajstić information content (AvgIpc) is 2.85. The number of carbonyl (C=O) groups excluding carboxylic acids is 1. The van der Waals surface area contributed by atoms with E-state index in [-0.39, 0.29) is 31.0 Å². The van der Waals surface area contributed by atoms with Crippen LogP contribution in [0.15, 0.2) is 12.1 Å². The second kappa shape index (κ2) is 9.54. The summed E-state index contributed by atoms with van der Waals surface area (Å²) in [6.45, 7) is 2.19. The van der Waals surface area contributed by atoms with Crippen molar-refractivity contribution in [3.8, 4) is 17.6 Å². The van der Waals surface area contributed by atoms with Crippen LogP contribution in [0, 0.1) is 11.8 Å². The number of nitrogens with two attached hydrogens (primary N) is 1. The van der Waals surface area contributed by atoms with Crippen molar-refractivity contribution in [2.24, 2.45) is 0 Å². The summed E-state index contributed by atoms with van der Waals surface area (Å²) in [5, 5.41) is 3.54. The zero-order valence-electron chi connectivity index (χ0n) is 15.8. The number of nitrogens with zero attached hydrogens (tertiary/aromatic N) is 1. The number of hydrogen-bond donors (Lipinski definition) is 2. The van der Waals surface area contributed by atoms with Crippen molar-refractivity contribution in [2.75, 3.05) is 19.4 Å². The monoisotopic (exact) mass is 411 g/mol. The van der Waals surface area contributed by atoms with Crippen LogP contribution in [0.5, 0.6) is 5.75 Å². The molecule has 148 valence electrons. The summed E-state index contributed by atoms with van der Waals surface area (Å²) in [5.74, 6) is 6.10. The smallest absolute Gasteiger partial charge is 0.255 e. The van der Waals surface area contributed by atoms with Gasteiger partial charge in [-0.3, -0.25) is 9.69 Å². The van der Waals surface area contributed by atoms with E-state index < -0.39 is 0 Å². The number of anilines is 1. The highest BCUT2D eigenvalue weighted by Crippen LogP contribution is 2.35. The molecule has 1 aromatic rings. The summed E-state index contributed by atoms with van der Waals surface area (Å²) in [4.78, 5) is 15.3. The zero-order valence-corrected chi connectivity index (χ0v) is 17.3. The number of hydrogen-bond acceptors (Lipinski definition) is 4. The predicted molar refractivity (Wildman–Crippen MR) is 112 cm³/mol. The summed E-state index contributed by atoms with van der Waals surface area (Å²) in [6, 6.07) is 4.40. The van der Waals surface area contributed by atoms with Gasteiger partial charge in [0.1, 0.15) is 12.4 Å². The lowest BCUT2D eigenvalue weighted by Gasteiger charge is -2.37. The summed E-state index contributed by atoms with van der Waals surface area (Å²) >= 11 is 6.15. The molecule has 2 heterocycles. The summed E-state index contributed by atoms with van der Waals surface area (Å²) < 4.78 is 5.68. The number of amides is 1. The first kappa shape index (κ1) is 21.7. The Morgan fingerprint density at radius 3 is 2.81 bits per heavy atom. The van der Waals surface area contributed by atoms with Crippen molar-refractivity contribution < 1.29 is 9.53 Å². The number of piperidine rings is 1. The van der Waals surface area contributed by atoms with E-state index in [1.807, 2.05) is 6.92 Å². The van der Waals surface area contributed by atoms with Crippen LogP contribution in [-0.4, -0.2) is 42.6 Å². The SMILES string of the molecule is CCC#CCOc1cc(N)c(Cl)cc1C(=O)NC1CCC2CCC1N2C.Cl. The highest BCUT2D eigenvalue weighted by molar-refractivity contribution is 6.33. The molecule has 3 atom stereocenters. The molecule has 0 spiro atoms. The van der Waals surface area contributed by atoms with Gasteiger partial charge in [-0.2, -0.15) is 0 Å². The Bertz CT molecular complexity index is 745. The van der Waals surface area contributed by atoms with Crippen LogP contribution in [0.1, 0.15) is 49.4 Å². The third-order valence-corrected chi connectivity index (χ3v) is 5.76. The van der Waals surface area contributed by atoms with Crippen molar-refractivity contribution in [1.29, 1.82) is 0 Å². The van der Waals surface area contributed by atoms with Crippen molar-refractivity contribution in [3.63, 3.8) is 0 Å². The maximum absolute atomic E-state index is 12.9. The van der Waals surface area contributed by atoms with Crippen LogP contribution >= 0.6 is 24.0 Å². The van der Waals surface area contributed by atoms with Crippen LogP contribution in [0.3, 0.4) is 0 Å². The minimum atomic E-state index is -0.172. The number of rotatable bonds is 4. The molecule has 5 nitrogen and oxygen atoms in total. The van der Waals surface area contributed by atoms with Gasteiger partial charge in [0.25, 0.3) is 5.91 Å². The van der Waals surface area contributed by atoms with E-state index in [4.69, 9.17) is 22.1 Å².